The van der Waals surface area contributed by atoms with Gasteiger partial charge in [-0.05, 0) is 31.1 Å². The van der Waals surface area contributed by atoms with Crippen LogP contribution >= 0.6 is 0 Å². The second-order valence-corrected chi connectivity index (χ2v) is 7.23. The maximum Gasteiger partial charge on any atom is 0.306 e. The Morgan fingerprint density at radius 3 is 2.17 bits per heavy atom. The fourth-order valence-corrected chi connectivity index (χ4v) is 3.92. The molecule has 0 aromatic heterocycles. The lowest BCUT2D eigenvalue weighted by atomic mass is 9.81. The van der Waals surface area contributed by atoms with Crippen molar-refractivity contribution in [1.82, 2.24) is 10.2 Å². The second-order valence-electron chi connectivity index (χ2n) is 7.23. The van der Waals surface area contributed by atoms with Gasteiger partial charge in [-0.1, -0.05) is 26.7 Å². The van der Waals surface area contributed by atoms with Crippen molar-refractivity contribution in [3.8, 4) is 0 Å². The van der Waals surface area contributed by atoms with Gasteiger partial charge in [-0.15, -0.1) is 0 Å². The van der Waals surface area contributed by atoms with Crippen molar-refractivity contribution < 1.29 is 19.5 Å². The van der Waals surface area contributed by atoms with Gasteiger partial charge < -0.3 is 15.3 Å². The third kappa shape index (κ3) is 5.21. The number of carboxylic acid groups (broad SMARTS) is 1. The summed E-state index contributed by atoms with van der Waals surface area (Å²) in [6.07, 6.45) is 3.61. The SMILES string of the molecule is CCC(CC)C[C@H](NC(C)=O)C1C[C@@H](C(=O)O)C[C@H]1C(=O)N(C)C. The predicted octanol–water partition coefficient (Wildman–Crippen LogP) is 2.13. The van der Waals surface area contributed by atoms with Crippen LogP contribution in [0.15, 0.2) is 0 Å². The van der Waals surface area contributed by atoms with Gasteiger partial charge in [0.05, 0.1) is 5.92 Å². The van der Waals surface area contributed by atoms with E-state index in [4.69, 9.17) is 0 Å². The molecule has 6 nitrogen and oxygen atoms in total. The van der Waals surface area contributed by atoms with Crippen LogP contribution in [-0.4, -0.2) is 47.9 Å². The number of nitrogens with one attached hydrogen (secondary N) is 1. The molecular weight excluding hydrogens is 308 g/mol. The lowest BCUT2D eigenvalue weighted by Crippen LogP contribution is -2.45. The maximum absolute atomic E-state index is 12.6. The van der Waals surface area contributed by atoms with Crippen molar-refractivity contribution >= 4 is 17.8 Å². The van der Waals surface area contributed by atoms with E-state index in [1.807, 2.05) is 0 Å². The number of amides is 2. The Bertz CT molecular complexity index is 460. The molecule has 1 rings (SSSR count). The molecule has 1 aliphatic rings. The molecule has 0 aromatic rings. The molecule has 0 aromatic carbocycles. The number of carbonyl (C=O) groups excluding carboxylic acids is 2. The van der Waals surface area contributed by atoms with Gasteiger partial charge in [0.25, 0.3) is 0 Å². The number of rotatable bonds is 8. The number of hydrogen-bond donors (Lipinski definition) is 2. The fraction of sp³-hybridized carbons (Fsp3) is 0.833. The summed E-state index contributed by atoms with van der Waals surface area (Å²) in [5, 5.41) is 12.4. The van der Waals surface area contributed by atoms with Crippen LogP contribution in [0.2, 0.25) is 0 Å². The summed E-state index contributed by atoms with van der Waals surface area (Å²) < 4.78 is 0. The maximum atomic E-state index is 12.6. The highest BCUT2D eigenvalue weighted by molar-refractivity contribution is 5.81. The average Bonchev–Trinajstić information content (AvgIpc) is 2.95. The Kier molecular flexibility index (Phi) is 7.70. The van der Waals surface area contributed by atoms with E-state index >= 15 is 0 Å². The largest absolute Gasteiger partial charge is 0.481 e. The lowest BCUT2D eigenvalue weighted by molar-refractivity contribution is -0.141. The van der Waals surface area contributed by atoms with Crippen molar-refractivity contribution in [2.24, 2.45) is 23.7 Å². The van der Waals surface area contributed by atoms with Gasteiger partial charge in [-0.3, -0.25) is 14.4 Å². The Morgan fingerprint density at radius 2 is 1.75 bits per heavy atom. The van der Waals surface area contributed by atoms with Crippen molar-refractivity contribution in [2.45, 2.75) is 58.9 Å². The van der Waals surface area contributed by atoms with Gasteiger partial charge in [-0.2, -0.15) is 0 Å². The van der Waals surface area contributed by atoms with E-state index in [2.05, 4.69) is 19.2 Å². The van der Waals surface area contributed by atoms with Crippen molar-refractivity contribution in [1.29, 1.82) is 0 Å². The van der Waals surface area contributed by atoms with E-state index in [-0.39, 0.29) is 29.7 Å². The van der Waals surface area contributed by atoms with E-state index < -0.39 is 11.9 Å². The zero-order valence-corrected chi connectivity index (χ0v) is 15.5. The molecule has 138 valence electrons. The first-order valence-electron chi connectivity index (χ1n) is 8.92. The van der Waals surface area contributed by atoms with Crippen molar-refractivity contribution in [2.75, 3.05) is 14.1 Å². The van der Waals surface area contributed by atoms with Crippen LogP contribution in [0, 0.1) is 23.7 Å². The minimum atomic E-state index is -0.849. The number of aliphatic carboxylic acids is 1. The first-order valence-corrected chi connectivity index (χ1v) is 8.92. The molecule has 1 aliphatic carbocycles. The van der Waals surface area contributed by atoms with Gasteiger partial charge in [0.1, 0.15) is 0 Å². The van der Waals surface area contributed by atoms with Crippen molar-refractivity contribution in [3.63, 3.8) is 0 Å². The average molecular weight is 340 g/mol. The first kappa shape index (κ1) is 20.5. The van der Waals surface area contributed by atoms with Crippen LogP contribution in [0.25, 0.3) is 0 Å². The molecule has 24 heavy (non-hydrogen) atoms. The smallest absolute Gasteiger partial charge is 0.306 e. The Labute approximate surface area is 145 Å². The molecule has 1 unspecified atom stereocenters. The molecule has 2 amide bonds. The van der Waals surface area contributed by atoms with Gasteiger partial charge >= 0.3 is 5.97 Å². The van der Waals surface area contributed by atoms with Crippen LogP contribution in [0.3, 0.4) is 0 Å². The molecule has 0 bridgehead atoms. The highest BCUT2D eigenvalue weighted by Crippen LogP contribution is 2.41. The summed E-state index contributed by atoms with van der Waals surface area (Å²) >= 11 is 0. The molecule has 2 N–H and O–H groups in total. The second kappa shape index (κ2) is 9.04. The Hall–Kier alpha value is -1.59. The molecule has 0 heterocycles. The molecule has 1 fully saturated rings. The van der Waals surface area contributed by atoms with Gasteiger partial charge in [0.2, 0.25) is 11.8 Å². The quantitative estimate of drug-likeness (QED) is 0.709. The molecule has 4 atom stereocenters. The highest BCUT2D eigenvalue weighted by Gasteiger charge is 2.46. The zero-order chi connectivity index (χ0) is 18.4. The van der Waals surface area contributed by atoms with Crippen LogP contribution < -0.4 is 5.32 Å². The molecular formula is C18H32N2O4. The summed E-state index contributed by atoms with van der Waals surface area (Å²) in [6.45, 7) is 5.72. The molecule has 0 spiro atoms. The minimum absolute atomic E-state index is 0.0383. The Morgan fingerprint density at radius 1 is 1.17 bits per heavy atom. The molecule has 6 heteroatoms. The van der Waals surface area contributed by atoms with E-state index in [0.29, 0.717) is 18.8 Å². The van der Waals surface area contributed by atoms with E-state index in [1.165, 1.54) is 11.8 Å². The van der Waals surface area contributed by atoms with Crippen LogP contribution in [-0.2, 0) is 14.4 Å². The number of carboxylic acids is 1. The minimum Gasteiger partial charge on any atom is -0.481 e. The summed E-state index contributed by atoms with van der Waals surface area (Å²) in [4.78, 5) is 37.2. The molecule has 0 aliphatic heterocycles. The van der Waals surface area contributed by atoms with E-state index in [1.54, 1.807) is 14.1 Å². The molecule has 0 saturated heterocycles. The number of carbonyl (C=O) groups is 3. The zero-order valence-electron chi connectivity index (χ0n) is 15.5. The van der Waals surface area contributed by atoms with E-state index in [9.17, 15) is 19.5 Å². The standard InChI is InChI=1S/C18H32N2O4/c1-6-12(7-2)8-16(19-11(3)21)14-9-13(18(23)24)10-15(14)17(22)20(4)5/h12-16H,6-10H2,1-5H3,(H,19,21)(H,23,24)/t13-,14?,15-,16+/m1/s1. The normalized spacial score (nSPS) is 24.7. The highest BCUT2D eigenvalue weighted by atomic mass is 16.4. The molecule has 1 saturated carbocycles. The number of nitrogens with zero attached hydrogens (tertiary/aromatic N) is 1. The van der Waals surface area contributed by atoms with Gasteiger partial charge in [-0.25, -0.2) is 0 Å². The summed E-state index contributed by atoms with van der Waals surface area (Å²) in [5.74, 6) is -1.52. The van der Waals surface area contributed by atoms with Crippen LogP contribution in [0.1, 0.15) is 52.9 Å². The fourth-order valence-electron chi connectivity index (χ4n) is 3.92. The van der Waals surface area contributed by atoms with Crippen LogP contribution in [0.4, 0.5) is 0 Å². The summed E-state index contributed by atoms with van der Waals surface area (Å²) in [6, 6.07) is -0.148. The van der Waals surface area contributed by atoms with Crippen molar-refractivity contribution in [3.05, 3.63) is 0 Å². The Balaban J connectivity index is 3.06. The lowest BCUT2D eigenvalue weighted by Gasteiger charge is -2.32. The number of hydrogen-bond acceptors (Lipinski definition) is 3. The van der Waals surface area contributed by atoms with E-state index in [0.717, 1.165) is 19.3 Å². The monoisotopic (exact) mass is 340 g/mol. The third-order valence-electron chi connectivity index (χ3n) is 5.37. The molecule has 0 radical (unpaired) electrons. The van der Waals surface area contributed by atoms with Gasteiger partial charge in [0.15, 0.2) is 0 Å². The topological polar surface area (TPSA) is 86.7 Å². The summed E-state index contributed by atoms with van der Waals surface area (Å²) in [7, 11) is 3.39. The predicted molar refractivity (Wildman–Crippen MR) is 92.3 cm³/mol. The van der Waals surface area contributed by atoms with Gasteiger partial charge in [0, 0.05) is 33.0 Å². The first-order chi connectivity index (χ1) is 11.2. The van der Waals surface area contributed by atoms with Crippen LogP contribution in [0.5, 0.6) is 0 Å². The third-order valence-corrected chi connectivity index (χ3v) is 5.37. The summed E-state index contributed by atoms with van der Waals surface area (Å²) in [5.41, 5.74) is 0.